The number of hydrogen-bond donors (Lipinski definition) is 2. The lowest BCUT2D eigenvalue weighted by Gasteiger charge is -2.30. The number of halogens is 1. The van der Waals surface area contributed by atoms with Gasteiger partial charge in [-0.1, -0.05) is 43.5 Å². The monoisotopic (exact) mass is 411 g/mol. The van der Waals surface area contributed by atoms with Gasteiger partial charge in [0.2, 0.25) is 5.91 Å². The summed E-state index contributed by atoms with van der Waals surface area (Å²) in [7, 11) is 0. The van der Waals surface area contributed by atoms with E-state index in [1.165, 1.54) is 24.6 Å². The lowest BCUT2D eigenvalue weighted by molar-refractivity contribution is -0.137. The molecule has 2 aromatic rings. The third-order valence-corrected chi connectivity index (χ3v) is 5.61. The highest BCUT2D eigenvalue weighted by molar-refractivity contribution is 6.04. The number of carbonyl (C=O) groups excluding carboxylic acids is 2. The minimum Gasteiger partial charge on any atom is -0.338 e. The van der Waals surface area contributed by atoms with Crippen molar-refractivity contribution in [2.75, 3.05) is 18.4 Å². The van der Waals surface area contributed by atoms with Crippen molar-refractivity contribution in [1.82, 2.24) is 4.90 Å². The van der Waals surface area contributed by atoms with Gasteiger partial charge < -0.3 is 16.0 Å². The van der Waals surface area contributed by atoms with E-state index in [1.54, 1.807) is 12.1 Å². The molecule has 3 rings (SSSR count). The number of para-hydroxylation sites is 1. The summed E-state index contributed by atoms with van der Waals surface area (Å²) >= 11 is 0. The van der Waals surface area contributed by atoms with Crippen LogP contribution in [0.3, 0.4) is 0 Å². The molecule has 0 atom stereocenters. The predicted octanol–water partition coefficient (Wildman–Crippen LogP) is 4.34. The van der Waals surface area contributed by atoms with Gasteiger partial charge in [0.1, 0.15) is 5.82 Å². The van der Waals surface area contributed by atoms with E-state index in [4.69, 9.17) is 5.73 Å². The molecule has 5 nitrogen and oxygen atoms in total. The Morgan fingerprint density at radius 2 is 1.83 bits per heavy atom. The van der Waals surface area contributed by atoms with Crippen molar-refractivity contribution in [2.45, 2.75) is 45.1 Å². The quantitative estimate of drug-likeness (QED) is 0.679. The molecule has 3 N–H and O–H groups in total. The van der Waals surface area contributed by atoms with E-state index in [9.17, 15) is 14.0 Å². The standard InChI is InChI=1S/C24H30FN3O2/c25-21-12-6-11-19(16-21)23(29)27-22-13-5-4-10-20(22)17-28(15-7-14-26)24(30)18-8-2-1-3-9-18/h4-6,10-13,16,18H,1-3,7-9,14-15,17,26H2,(H,27,29). The van der Waals surface area contributed by atoms with E-state index >= 15 is 0 Å². The molecule has 0 bridgehead atoms. The first kappa shape index (κ1) is 22.0. The van der Waals surface area contributed by atoms with Crippen LogP contribution in [0, 0.1) is 11.7 Å². The Balaban J connectivity index is 1.76. The normalized spacial score (nSPS) is 14.3. The van der Waals surface area contributed by atoms with Crippen LogP contribution >= 0.6 is 0 Å². The number of hydrogen-bond acceptors (Lipinski definition) is 3. The fourth-order valence-corrected chi connectivity index (χ4v) is 3.97. The number of benzene rings is 2. The Kier molecular flexibility index (Phi) is 7.97. The number of nitrogens with zero attached hydrogens (tertiary/aromatic N) is 1. The molecule has 0 radical (unpaired) electrons. The first-order chi connectivity index (χ1) is 14.6. The summed E-state index contributed by atoms with van der Waals surface area (Å²) in [5.74, 6) is -0.587. The molecule has 160 valence electrons. The predicted molar refractivity (Wildman–Crippen MR) is 116 cm³/mol. The molecule has 2 aromatic carbocycles. The van der Waals surface area contributed by atoms with E-state index in [0.717, 1.165) is 37.7 Å². The summed E-state index contributed by atoms with van der Waals surface area (Å²) < 4.78 is 13.5. The molecule has 0 spiro atoms. The van der Waals surface area contributed by atoms with Crippen molar-refractivity contribution < 1.29 is 14.0 Å². The van der Waals surface area contributed by atoms with Crippen molar-refractivity contribution in [3.05, 3.63) is 65.5 Å². The van der Waals surface area contributed by atoms with Crippen LogP contribution in [0.25, 0.3) is 0 Å². The van der Waals surface area contributed by atoms with E-state index in [-0.39, 0.29) is 23.3 Å². The van der Waals surface area contributed by atoms with Crippen LogP contribution in [0.2, 0.25) is 0 Å². The van der Waals surface area contributed by atoms with Crippen LogP contribution in [0.5, 0.6) is 0 Å². The maximum Gasteiger partial charge on any atom is 0.255 e. The summed E-state index contributed by atoms with van der Waals surface area (Å²) in [6, 6.07) is 13.0. The molecule has 0 heterocycles. The highest BCUT2D eigenvalue weighted by atomic mass is 19.1. The maximum absolute atomic E-state index is 13.5. The van der Waals surface area contributed by atoms with E-state index in [1.807, 2.05) is 23.1 Å². The molecule has 0 aromatic heterocycles. The molecule has 0 unspecified atom stereocenters. The fourth-order valence-electron chi connectivity index (χ4n) is 3.97. The molecule has 1 saturated carbocycles. The van der Waals surface area contributed by atoms with E-state index in [2.05, 4.69) is 5.32 Å². The van der Waals surface area contributed by atoms with Crippen LogP contribution < -0.4 is 11.1 Å². The summed E-state index contributed by atoms with van der Waals surface area (Å²) in [5, 5.41) is 2.87. The van der Waals surface area contributed by atoms with Crippen LogP contribution in [-0.4, -0.2) is 29.8 Å². The average Bonchev–Trinajstić information content (AvgIpc) is 2.77. The second kappa shape index (κ2) is 10.9. The molecule has 1 aliphatic rings. The number of nitrogens with two attached hydrogens (primary N) is 1. The number of anilines is 1. The van der Waals surface area contributed by atoms with Gasteiger partial charge in [0.05, 0.1) is 0 Å². The van der Waals surface area contributed by atoms with Crippen molar-refractivity contribution in [2.24, 2.45) is 11.7 Å². The molecular formula is C24H30FN3O2. The molecular weight excluding hydrogens is 381 g/mol. The molecule has 6 heteroatoms. The van der Waals surface area contributed by atoms with Gasteiger partial charge in [-0.3, -0.25) is 9.59 Å². The Labute approximate surface area is 177 Å². The van der Waals surface area contributed by atoms with E-state index < -0.39 is 5.82 Å². The Morgan fingerprint density at radius 3 is 2.57 bits per heavy atom. The van der Waals surface area contributed by atoms with Gasteiger partial charge in [0.25, 0.3) is 5.91 Å². The Bertz CT molecular complexity index is 865. The summed E-state index contributed by atoms with van der Waals surface area (Å²) in [5.41, 5.74) is 7.42. The van der Waals surface area contributed by atoms with Gasteiger partial charge in [-0.05, 0) is 55.6 Å². The zero-order chi connectivity index (χ0) is 21.3. The van der Waals surface area contributed by atoms with Crippen LogP contribution in [0.1, 0.15) is 54.4 Å². The second-order valence-corrected chi connectivity index (χ2v) is 7.86. The van der Waals surface area contributed by atoms with Gasteiger partial charge in [0.15, 0.2) is 0 Å². The summed E-state index contributed by atoms with van der Waals surface area (Å²) in [6.07, 6.45) is 6.01. The first-order valence-electron chi connectivity index (χ1n) is 10.7. The Hall–Kier alpha value is -2.73. The second-order valence-electron chi connectivity index (χ2n) is 7.86. The third kappa shape index (κ3) is 5.89. The van der Waals surface area contributed by atoms with E-state index in [0.29, 0.717) is 25.3 Å². The van der Waals surface area contributed by atoms with Gasteiger partial charge in [-0.25, -0.2) is 4.39 Å². The molecule has 0 saturated heterocycles. The lowest BCUT2D eigenvalue weighted by atomic mass is 9.88. The molecule has 1 aliphatic carbocycles. The van der Waals surface area contributed by atoms with Gasteiger partial charge >= 0.3 is 0 Å². The van der Waals surface area contributed by atoms with Crippen molar-refractivity contribution in [1.29, 1.82) is 0 Å². The number of amides is 2. The largest absolute Gasteiger partial charge is 0.338 e. The van der Waals surface area contributed by atoms with Gasteiger partial charge in [0, 0.05) is 30.3 Å². The smallest absolute Gasteiger partial charge is 0.255 e. The van der Waals surface area contributed by atoms with Gasteiger partial charge in [-0.15, -0.1) is 0 Å². The van der Waals surface area contributed by atoms with Crippen molar-refractivity contribution in [3.8, 4) is 0 Å². The molecule has 2 amide bonds. The molecule has 30 heavy (non-hydrogen) atoms. The average molecular weight is 412 g/mol. The van der Waals surface area contributed by atoms with Gasteiger partial charge in [-0.2, -0.15) is 0 Å². The summed E-state index contributed by atoms with van der Waals surface area (Å²) in [4.78, 5) is 27.6. The highest BCUT2D eigenvalue weighted by Gasteiger charge is 2.26. The summed E-state index contributed by atoms with van der Waals surface area (Å²) in [6.45, 7) is 1.53. The topological polar surface area (TPSA) is 75.4 Å². The van der Waals surface area contributed by atoms with Crippen LogP contribution in [0.4, 0.5) is 10.1 Å². The van der Waals surface area contributed by atoms with Crippen molar-refractivity contribution in [3.63, 3.8) is 0 Å². The lowest BCUT2D eigenvalue weighted by Crippen LogP contribution is -2.38. The Morgan fingerprint density at radius 1 is 1.07 bits per heavy atom. The first-order valence-corrected chi connectivity index (χ1v) is 10.7. The van der Waals surface area contributed by atoms with Crippen LogP contribution in [-0.2, 0) is 11.3 Å². The molecule has 1 fully saturated rings. The minimum absolute atomic E-state index is 0.0746. The number of rotatable bonds is 8. The zero-order valence-electron chi connectivity index (χ0n) is 17.3. The maximum atomic E-state index is 13.5. The number of carbonyl (C=O) groups is 2. The highest BCUT2D eigenvalue weighted by Crippen LogP contribution is 2.27. The number of nitrogens with one attached hydrogen (secondary N) is 1. The minimum atomic E-state index is -0.457. The fraction of sp³-hybridized carbons (Fsp3) is 0.417. The SMILES string of the molecule is NCCCN(Cc1ccccc1NC(=O)c1cccc(F)c1)C(=O)C1CCCCC1. The van der Waals surface area contributed by atoms with Crippen LogP contribution in [0.15, 0.2) is 48.5 Å². The third-order valence-electron chi connectivity index (χ3n) is 5.61. The molecule has 0 aliphatic heterocycles. The van der Waals surface area contributed by atoms with Crippen molar-refractivity contribution >= 4 is 17.5 Å². The zero-order valence-corrected chi connectivity index (χ0v) is 17.3.